The molecule has 3 aromatic heterocycles. The first-order valence-electron chi connectivity index (χ1n) is 9.95. The summed E-state index contributed by atoms with van der Waals surface area (Å²) in [6, 6.07) is 16.3. The predicted molar refractivity (Wildman–Crippen MR) is 112 cm³/mol. The molecular weight excluding hydrogens is 346 g/mol. The Kier molecular flexibility index (Phi) is 4.28. The number of nitrogens with two attached hydrogens (primary N) is 1. The summed E-state index contributed by atoms with van der Waals surface area (Å²) in [4.78, 5) is 9.62. The summed E-state index contributed by atoms with van der Waals surface area (Å²) in [5, 5.41) is 4.46. The molecule has 2 N–H and O–H groups in total. The molecule has 0 bridgehead atoms. The van der Waals surface area contributed by atoms with Crippen molar-refractivity contribution in [1.82, 2.24) is 19.6 Å². The Morgan fingerprint density at radius 1 is 0.893 bits per heavy atom. The number of pyridine rings is 1. The van der Waals surface area contributed by atoms with Gasteiger partial charge in [-0.2, -0.15) is 9.61 Å². The minimum Gasteiger partial charge on any atom is -0.384 e. The average molecular weight is 369 g/mol. The Morgan fingerprint density at radius 3 is 2.46 bits per heavy atom. The van der Waals surface area contributed by atoms with Crippen molar-refractivity contribution in [2.45, 2.75) is 38.0 Å². The highest BCUT2D eigenvalue weighted by Crippen LogP contribution is 2.34. The first kappa shape index (κ1) is 16.9. The van der Waals surface area contributed by atoms with Crippen LogP contribution in [0.4, 0.5) is 5.82 Å². The van der Waals surface area contributed by atoms with Crippen molar-refractivity contribution < 1.29 is 0 Å². The summed E-state index contributed by atoms with van der Waals surface area (Å²) in [5.41, 5.74) is 12.2. The van der Waals surface area contributed by atoms with Crippen molar-refractivity contribution in [1.29, 1.82) is 0 Å². The molecule has 0 atom stereocenters. The molecule has 1 aliphatic rings. The van der Waals surface area contributed by atoms with E-state index in [0.29, 0.717) is 11.7 Å². The van der Waals surface area contributed by atoms with Gasteiger partial charge in [-0.25, -0.2) is 4.98 Å². The maximum absolute atomic E-state index is 6.30. The first-order valence-corrected chi connectivity index (χ1v) is 9.95. The van der Waals surface area contributed by atoms with Crippen LogP contribution in [-0.4, -0.2) is 19.6 Å². The largest absolute Gasteiger partial charge is 0.384 e. The molecule has 5 rings (SSSR count). The number of hydrogen-bond donors (Lipinski definition) is 1. The zero-order valence-corrected chi connectivity index (χ0v) is 15.8. The van der Waals surface area contributed by atoms with Crippen molar-refractivity contribution >= 4 is 11.5 Å². The number of aromatic nitrogens is 4. The molecule has 4 aromatic rings. The molecule has 5 nitrogen and oxygen atoms in total. The molecular formula is C23H23N5. The van der Waals surface area contributed by atoms with Crippen LogP contribution in [-0.2, 0) is 0 Å². The van der Waals surface area contributed by atoms with Gasteiger partial charge in [0.15, 0.2) is 5.65 Å². The lowest BCUT2D eigenvalue weighted by Gasteiger charge is -2.21. The minimum atomic E-state index is 0.502. The van der Waals surface area contributed by atoms with Gasteiger partial charge in [0.25, 0.3) is 0 Å². The molecule has 0 aliphatic heterocycles. The number of anilines is 1. The minimum absolute atomic E-state index is 0.502. The van der Waals surface area contributed by atoms with E-state index in [-0.39, 0.29) is 0 Å². The number of rotatable bonds is 3. The normalized spacial score (nSPS) is 15.1. The van der Waals surface area contributed by atoms with Crippen LogP contribution < -0.4 is 5.73 Å². The fraction of sp³-hybridized carbons (Fsp3) is 0.261. The molecule has 0 amide bonds. The SMILES string of the molecule is Nc1cc(C2CCCCC2)nc2c(-c3ccc(-c4ccccc4)nc3)cnn12. The summed E-state index contributed by atoms with van der Waals surface area (Å²) in [6.45, 7) is 0. The van der Waals surface area contributed by atoms with E-state index < -0.39 is 0 Å². The smallest absolute Gasteiger partial charge is 0.165 e. The zero-order valence-electron chi connectivity index (χ0n) is 15.8. The van der Waals surface area contributed by atoms with Gasteiger partial charge in [-0.1, -0.05) is 55.7 Å². The molecule has 3 heterocycles. The number of benzene rings is 1. The average Bonchev–Trinajstić information content (AvgIpc) is 3.20. The highest BCUT2D eigenvalue weighted by atomic mass is 15.3. The molecule has 0 unspecified atom stereocenters. The summed E-state index contributed by atoms with van der Waals surface area (Å²) < 4.78 is 1.73. The van der Waals surface area contributed by atoms with Crippen LogP contribution >= 0.6 is 0 Å². The molecule has 5 heteroatoms. The van der Waals surface area contributed by atoms with Crippen LogP contribution in [0.25, 0.3) is 28.0 Å². The lowest BCUT2D eigenvalue weighted by Crippen LogP contribution is -2.10. The van der Waals surface area contributed by atoms with E-state index >= 15 is 0 Å². The number of nitrogen functional groups attached to an aromatic ring is 1. The molecule has 28 heavy (non-hydrogen) atoms. The van der Waals surface area contributed by atoms with Crippen molar-refractivity contribution in [3.63, 3.8) is 0 Å². The Balaban J connectivity index is 1.54. The Hall–Kier alpha value is -3.21. The van der Waals surface area contributed by atoms with Gasteiger partial charge >= 0.3 is 0 Å². The molecule has 0 spiro atoms. The van der Waals surface area contributed by atoms with Gasteiger partial charge in [0.05, 0.1) is 11.9 Å². The molecule has 0 saturated heterocycles. The van der Waals surface area contributed by atoms with Gasteiger partial charge in [0, 0.05) is 40.6 Å². The van der Waals surface area contributed by atoms with Gasteiger partial charge in [-0.05, 0) is 18.9 Å². The summed E-state index contributed by atoms with van der Waals surface area (Å²) >= 11 is 0. The molecule has 1 fully saturated rings. The second kappa shape index (κ2) is 7.08. The highest BCUT2D eigenvalue weighted by Gasteiger charge is 2.20. The quantitative estimate of drug-likeness (QED) is 0.546. The third kappa shape index (κ3) is 3.03. The highest BCUT2D eigenvalue weighted by molar-refractivity contribution is 5.78. The molecule has 1 aromatic carbocycles. The van der Waals surface area contributed by atoms with Crippen LogP contribution in [0.3, 0.4) is 0 Å². The Labute approximate surface area is 164 Å². The van der Waals surface area contributed by atoms with Gasteiger partial charge in [0.2, 0.25) is 0 Å². The Morgan fingerprint density at radius 2 is 1.71 bits per heavy atom. The van der Waals surface area contributed by atoms with Crippen LogP contribution in [0.2, 0.25) is 0 Å². The second-order valence-electron chi connectivity index (χ2n) is 7.53. The van der Waals surface area contributed by atoms with Crippen molar-refractivity contribution in [2.24, 2.45) is 0 Å². The molecule has 0 radical (unpaired) electrons. The lowest BCUT2D eigenvalue weighted by atomic mass is 9.87. The molecule has 140 valence electrons. The Bertz CT molecular complexity index is 1090. The van der Waals surface area contributed by atoms with E-state index in [4.69, 9.17) is 10.7 Å². The van der Waals surface area contributed by atoms with Gasteiger partial charge in [-0.3, -0.25) is 4.98 Å². The van der Waals surface area contributed by atoms with Crippen LogP contribution in [0, 0.1) is 0 Å². The second-order valence-corrected chi connectivity index (χ2v) is 7.53. The van der Waals surface area contributed by atoms with Crippen LogP contribution in [0.1, 0.15) is 43.7 Å². The first-order chi connectivity index (χ1) is 13.8. The topological polar surface area (TPSA) is 69.1 Å². The monoisotopic (exact) mass is 369 g/mol. The van der Waals surface area contributed by atoms with E-state index in [1.807, 2.05) is 42.7 Å². The van der Waals surface area contributed by atoms with Crippen molar-refractivity contribution in [3.8, 4) is 22.4 Å². The van der Waals surface area contributed by atoms with E-state index in [1.165, 1.54) is 32.1 Å². The van der Waals surface area contributed by atoms with Gasteiger partial charge in [0.1, 0.15) is 5.82 Å². The third-order valence-electron chi connectivity index (χ3n) is 5.69. The van der Waals surface area contributed by atoms with E-state index in [0.717, 1.165) is 33.7 Å². The summed E-state index contributed by atoms with van der Waals surface area (Å²) in [6.07, 6.45) is 9.99. The summed E-state index contributed by atoms with van der Waals surface area (Å²) in [5.74, 6) is 1.15. The number of fused-ring (bicyclic) bond motifs is 1. The van der Waals surface area contributed by atoms with Crippen LogP contribution in [0.15, 0.2) is 60.9 Å². The summed E-state index contributed by atoms with van der Waals surface area (Å²) in [7, 11) is 0. The maximum atomic E-state index is 6.30. The lowest BCUT2D eigenvalue weighted by molar-refractivity contribution is 0.437. The standard InChI is InChI=1S/C23H23N5/c24-22-13-21(17-9-5-2-6-10-17)27-23-19(15-26-28(22)23)18-11-12-20(25-14-18)16-7-3-1-4-8-16/h1,3-4,7-8,11-15,17H,2,5-6,9-10,24H2. The fourth-order valence-electron chi connectivity index (χ4n) is 4.15. The number of nitrogens with zero attached hydrogens (tertiary/aromatic N) is 4. The van der Waals surface area contributed by atoms with Crippen molar-refractivity contribution in [3.05, 3.63) is 66.6 Å². The van der Waals surface area contributed by atoms with E-state index in [2.05, 4.69) is 28.3 Å². The van der Waals surface area contributed by atoms with E-state index in [1.54, 1.807) is 4.52 Å². The third-order valence-corrected chi connectivity index (χ3v) is 5.69. The predicted octanol–water partition coefficient (Wildman–Crippen LogP) is 5.09. The van der Waals surface area contributed by atoms with Gasteiger partial charge in [-0.15, -0.1) is 0 Å². The van der Waals surface area contributed by atoms with E-state index in [9.17, 15) is 0 Å². The van der Waals surface area contributed by atoms with Gasteiger partial charge < -0.3 is 5.73 Å². The molecule has 1 saturated carbocycles. The van der Waals surface area contributed by atoms with Crippen molar-refractivity contribution in [2.75, 3.05) is 5.73 Å². The fourth-order valence-corrected chi connectivity index (χ4v) is 4.15. The van der Waals surface area contributed by atoms with Crippen LogP contribution in [0.5, 0.6) is 0 Å². The maximum Gasteiger partial charge on any atom is 0.165 e. The zero-order chi connectivity index (χ0) is 18.9. The number of hydrogen-bond acceptors (Lipinski definition) is 4. The molecule has 1 aliphatic carbocycles.